The smallest absolute Gasteiger partial charge is 0.232 e. The maximum Gasteiger partial charge on any atom is 0.232 e. The second kappa shape index (κ2) is 7.89. The van der Waals surface area contributed by atoms with Crippen LogP contribution in [0.2, 0.25) is 5.02 Å². The van der Waals surface area contributed by atoms with Crippen LogP contribution in [0.1, 0.15) is 17.5 Å². The first-order valence-electron chi connectivity index (χ1n) is 7.77. The molecule has 0 fully saturated rings. The monoisotopic (exact) mass is 380 g/mol. The summed E-state index contributed by atoms with van der Waals surface area (Å²) in [7, 11) is -3.54. The molecule has 0 aliphatic rings. The van der Waals surface area contributed by atoms with Gasteiger partial charge in [0.2, 0.25) is 15.9 Å². The predicted octanol–water partition coefficient (Wildman–Crippen LogP) is 3.75. The van der Waals surface area contributed by atoms with Gasteiger partial charge >= 0.3 is 0 Å². The van der Waals surface area contributed by atoms with Crippen LogP contribution in [0.4, 0.5) is 11.4 Å². The summed E-state index contributed by atoms with van der Waals surface area (Å²) in [4.78, 5) is 12.2. The van der Waals surface area contributed by atoms with Crippen LogP contribution in [0, 0.1) is 13.8 Å². The summed E-state index contributed by atoms with van der Waals surface area (Å²) in [6.45, 7) is 3.78. The molecule has 0 spiro atoms. The van der Waals surface area contributed by atoms with Gasteiger partial charge < -0.3 is 5.32 Å². The number of hydrogen-bond acceptors (Lipinski definition) is 3. The molecule has 0 radical (unpaired) electrons. The molecule has 0 saturated carbocycles. The number of hydrogen-bond donors (Lipinski definition) is 1. The Kier molecular flexibility index (Phi) is 6.08. The minimum atomic E-state index is -3.54. The van der Waals surface area contributed by atoms with Crippen molar-refractivity contribution in [1.82, 2.24) is 0 Å². The Labute approximate surface area is 153 Å². The Balaban J connectivity index is 2.13. The van der Waals surface area contributed by atoms with Crippen molar-refractivity contribution in [3.63, 3.8) is 0 Å². The number of benzene rings is 2. The Morgan fingerprint density at radius 2 is 1.88 bits per heavy atom. The van der Waals surface area contributed by atoms with Crippen LogP contribution in [0.25, 0.3) is 0 Å². The lowest BCUT2D eigenvalue weighted by molar-refractivity contribution is -0.116. The molecule has 1 N–H and O–H groups in total. The maximum absolute atomic E-state index is 12.2. The molecule has 0 aliphatic carbocycles. The topological polar surface area (TPSA) is 66.5 Å². The Hall–Kier alpha value is -2.05. The van der Waals surface area contributed by atoms with Gasteiger partial charge in [-0.1, -0.05) is 29.8 Å². The fourth-order valence-electron chi connectivity index (χ4n) is 2.47. The molecule has 0 atom stereocenters. The Bertz CT molecular complexity index is 882. The van der Waals surface area contributed by atoms with Gasteiger partial charge in [0.1, 0.15) is 0 Å². The average molecular weight is 381 g/mol. The predicted molar refractivity (Wildman–Crippen MR) is 103 cm³/mol. The molecule has 0 aromatic heterocycles. The molecule has 2 aromatic carbocycles. The van der Waals surface area contributed by atoms with Crippen molar-refractivity contribution in [2.75, 3.05) is 22.4 Å². The number of carbonyl (C=O) groups is 1. The fraction of sp³-hybridized carbons (Fsp3) is 0.278. The van der Waals surface area contributed by atoms with Crippen LogP contribution in [0.15, 0.2) is 42.5 Å². The van der Waals surface area contributed by atoms with Gasteiger partial charge in [-0.3, -0.25) is 9.10 Å². The first-order valence-corrected chi connectivity index (χ1v) is 10.00. The third kappa shape index (κ3) is 5.47. The van der Waals surface area contributed by atoms with Crippen LogP contribution in [0.5, 0.6) is 0 Å². The number of amides is 1. The zero-order valence-electron chi connectivity index (χ0n) is 14.4. The fourth-order valence-corrected chi connectivity index (χ4v) is 3.61. The molecule has 25 heavy (non-hydrogen) atoms. The number of anilines is 2. The van der Waals surface area contributed by atoms with Crippen molar-refractivity contribution in [2.24, 2.45) is 0 Å². The van der Waals surface area contributed by atoms with E-state index in [0.717, 1.165) is 17.4 Å². The molecule has 2 aromatic rings. The molecule has 2 rings (SSSR count). The van der Waals surface area contributed by atoms with E-state index in [-0.39, 0.29) is 18.9 Å². The number of halogens is 1. The Morgan fingerprint density at radius 3 is 2.52 bits per heavy atom. The van der Waals surface area contributed by atoms with Crippen LogP contribution in [-0.4, -0.2) is 27.1 Å². The van der Waals surface area contributed by atoms with Gasteiger partial charge in [-0.25, -0.2) is 8.42 Å². The maximum atomic E-state index is 12.2. The second-order valence-corrected chi connectivity index (χ2v) is 8.28. The van der Waals surface area contributed by atoms with Gasteiger partial charge in [-0.05, 0) is 49.2 Å². The summed E-state index contributed by atoms with van der Waals surface area (Å²) in [6, 6.07) is 12.5. The number of rotatable bonds is 6. The van der Waals surface area contributed by atoms with E-state index < -0.39 is 10.0 Å². The quantitative estimate of drug-likeness (QED) is 0.829. The minimum Gasteiger partial charge on any atom is -0.326 e. The zero-order valence-corrected chi connectivity index (χ0v) is 16.0. The number of nitrogens with one attached hydrogen (secondary N) is 1. The number of nitrogens with zero attached hydrogens (tertiary/aromatic N) is 1. The minimum absolute atomic E-state index is 0.0347. The van der Waals surface area contributed by atoms with E-state index in [1.165, 1.54) is 4.31 Å². The van der Waals surface area contributed by atoms with Crippen LogP contribution in [-0.2, 0) is 14.8 Å². The normalized spacial score (nSPS) is 11.2. The van der Waals surface area contributed by atoms with E-state index in [2.05, 4.69) is 5.32 Å². The SMILES string of the molecule is Cc1cccc(NC(=O)CCN(c2cc(Cl)ccc2C)S(C)(=O)=O)c1. The highest BCUT2D eigenvalue weighted by atomic mass is 35.5. The van der Waals surface area contributed by atoms with Gasteiger partial charge in [0.05, 0.1) is 11.9 Å². The molecule has 0 heterocycles. The van der Waals surface area contributed by atoms with Gasteiger partial charge in [-0.2, -0.15) is 0 Å². The summed E-state index contributed by atoms with van der Waals surface area (Å²) < 4.78 is 25.5. The van der Waals surface area contributed by atoms with Crippen LogP contribution in [0.3, 0.4) is 0 Å². The van der Waals surface area contributed by atoms with Crippen LogP contribution < -0.4 is 9.62 Å². The number of aryl methyl sites for hydroxylation is 2. The van der Waals surface area contributed by atoms with Gasteiger partial charge in [0.25, 0.3) is 0 Å². The first-order chi connectivity index (χ1) is 11.7. The third-order valence-electron chi connectivity index (χ3n) is 3.68. The molecule has 0 saturated heterocycles. The first kappa shape index (κ1) is 19.3. The van der Waals surface area contributed by atoms with Crippen molar-refractivity contribution in [3.05, 3.63) is 58.6 Å². The molecule has 0 aliphatic heterocycles. The lowest BCUT2D eigenvalue weighted by Gasteiger charge is -2.24. The Morgan fingerprint density at radius 1 is 1.16 bits per heavy atom. The van der Waals surface area contributed by atoms with E-state index in [4.69, 9.17) is 11.6 Å². The number of sulfonamides is 1. The highest BCUT2D eigenvalue weighted by Crippen LogP contribution is 2.26. The van der Waals surface area contributed by atoms with Crippen molar-refractivity contribution in [3.8, 4) is 0 Å². The standard InChI is InChI=1S/C18H21ClN2O3S/c1-13-5-4-6-16(11-13)20-18(22)9-10-21(25(3,23)24)17-12-15(19)8-7-14(17)2/h4-8,11-12H,9-10H2,1-3H3,(H,20,22). The van der Waals surface area contributed by atoms with Crippen molar-refractivity contribution < 1.29 is 13.2 Å². The van der Waals surface area contributed by atoms with E-state index in [1.54, 1.807) is 31.2 Å². The van der Waals surface area contributed by atoms with Crippen molar-refractivity contribution in [2.45, 2.75) is 20.3 Å². The lowest BCUT2D eigenvalue weighted by atomic mass is 10.2. The van der Waals surface area contributed by atoms with E-state index in [1.807, 2.05) is 25.1 Å². The van der Waals surface area contributed by atoms with Crippen molar-refractivity contribution >= 4 is 38.9 Å². The van der Waals surface area contributed by atoms with Gasteiger partial charge in [0.15, 0.2) is 0 Å². The summed E-state index contributed by atoms with van der Waals surface area (Å²) in [5.41, 5.74) is 2.98. The highest BCUT2D eigenvalue weighted by molar-refractivity contribution is 7.92. The largest absolute Gasteiger partial charge is 0.326 e. The van der Waals surface area contributed by atoms with Gasteiger partial charge in [-0.15, -0.1) is 0 Å². The molecule has 1 amide bonds. The highest BCUT2D eigenvalue weighted by Gasteiger charge is 2.20. The molecular weight excluding hydrogens is 360 g/mol. The lowest BCUT2D eigenvalue weighted by Crippen LogP contribution is -2.33. The third-order valence-corrected chi connectivity index (χ3v) is 5.10. The van der Waals surface area contributed by atoms with E-state index >= 15 is 0 Å². The van der Waals surface area contributed by atoms with E-state index in [0.29, 0.717) is 16.4 Å². The van der Waals surface area contributed by atoms with Crippen molar-refractivity contribution in [1.29, 1.82) is 0 Å². The van der Waals surface area contributed by atoms with Crippen LogP contribution >= 0.6 is 11.6 Å². The van der Waals surface area contributed by atoms with Gasteiger partial charge in [0, 0.05) is 23.7 Å². The molecule has 5 nitrogen and oxygen atoms in total. The molecule has 134 valence electrons. The molecular formula is C18H21ClN2O3S. The average Bonchev–Trinajstić information content (AvgIpc) is 2.49. The molecule has 7 heteroatoms. The summed E-state index contributed by atoms with van der Waals surface area (Å²) in [5, 5.41) is 3.22. The van der Waals surface area contributed by atoms with E-state index in [9.17, 15) is 13.2 Å². The molecule has 0 unspecified atom stereocenters. The summed E-state index contributed by atoms with van der Waals surface area (Å²) in [5.74, 6) is -0.251. The summed E-state index contributed by atoms with van der Waals surface area (Å²) >= 11 is 6.00. The molecule has 0 bridgehead atoms. The second-order valence-electron chi connectivity index (χ2n) is 5.93. The zero-order chi connectivity index (χ0) is 18.6. The number of carbonyl (C=O) groups excluding carboxylic acids is 1. The summed E-state index contributed by atoms with van der Waals surface area (Å²) in [6.07, 6.45) is 1.15.